The Morgan fingerprint density at radius 3 is 2.34 bits per heavy atom. The molecule has 0 aromatic heterocycles. The van der Waals surface area contributed by atoms with E-state index >= 15 is 0 Å². The molecule has 1 aliphatic carbocycles. The molecule has 2 aliphatic rings. The number of halogens is 4. The molecule has 0 unspecified atom stereocenters. The van der Waals surface area contributed by atoms with Gasteiger partial charge < -0.3 is 25.6 Å². The second-order valence-corrected chi connectivity index (χ2v) is 20.2. The molecule has 62 heavy (non-hydrogen) atoms. The molecular formula is C44H51ClF3N5O6S3. The first kappa shape index (κ1) is 47.4. The number of hydrogen-bond acceptors (Lipinski definition) is 11. The summed E-state index contributed by atoms with van der Waals surface area (Å²) in [5.74, 6) is -0.679. The lowest BCUT2D eigenvalue weighted by atomic mass is 9.87. The molecule has 4 aromatic carbocycles. The number of amides is 1. The van der Waals surface area contributed by atoms with Gasteiger partial charge in [0.15, 0.2) is 0 Å². The Labute approximate surface area is 371 Å². The van der Waals surface area contributed by atoms with Crippen molar-refractivity contribution in [1.82, 2.24) is 14.9 Å². The van der Waals surface area contributed by atoms with Crippen molar-refractivity contribution in [3.63, 3.8) is 0 Å². The number of hydrogen-bond donors (Lipinski definition) is 4. The smallest absolute Gasteiger partial charge is 0.384 e. The molecule has 11 nitrogen and oxygen atoms in total. The summed E-state index contributed by atoms with van der Waals surface area (Å²) in [4.78, 5) is 14.2. The van der Waals surface area contributed by atoms with Crippen molar-refractivity contribution < 1.29 is 39.5 Å². The van der Waals surface area contributed by atoms with Crippen molar-refractivity contribution in [3.8, 4) is 0 Å². The third kappa shape index (κ3) is 13.2. The van der Waals surface area contributed by atoms with Crippen molar-refractivity contribution in [2.45, 2.75) is 64.8 Å². The predicted octanol–water partition coefficient (Wildman–Crippen LogP) is 8.47. The fraction of sp³-hybridized carbons (Fsp3) is 0.386. The average Bonchev–Trinajstić information content (AvgIpc) is 3.54. The third-order valence-electron chi connectivity index (χ3n) is 10.6. The van der Waals surface area contributed by atoms with E-state index < -0.39 is 52.8 Å². The van der Waals surface area contributed by atoms with Gasteiger partial charge in [0, 0.05) is 78.8 Å². The highest BCUT2D eigenvalue weighted by Crippen LogP contribution is 2.37. The Bertz CT molecular complexity index is 2360. The lowest BCUT2D eigenvalue weighted by Gasteiger charge is -2.26. The lowest BCUT2D eigenvalue weighted by Crippen LogP contribution is -2.34. The number of thioether (sulfide) groups is 1. The van der Waals surface area contributed by atoms with Crippen LogP contribution in [0.3, 0.4) is 0 Å². The number of nitrogens with zero attached hydrogens (tertiary/aromatic N) is 1. The number of carbonyl (C=O) groups excluding carboxylic acids is 1. The number of benzene rings is 4. The number of alkyl halides is 3. The van der Waals surface area contributed by atoms with E-state index in [4.69, 9.17) is 16.3 Å². The maximum atomic E-state index is 14.1. The van der Waals surface area contributed by atoms with E-state index in [1.54, 1.807) is 12.1 Å². The Balaban J connectivity index is 1.10. The first-order chi connectivity index (χ1) is 29.7. The molecular weight excluding hydrogens is 883 g/mol. The van der Waals surface area contributed by atoms with Gasteiger partial charge >= 0.3 is 5.51 Å². The monoisotopic (exact) mass is 933 g/mol. The predicted molar refractivity (Wildman–Crippen MR) is 240 cm³/mol. The number of rotatable bonds is 19. The van der Waals surface area contributed by atoms with Gasteiger partial charge in [0.1, 0.15) is 4.90 Å². The molecule has 0 radical (unpaired) electrons. The normalized spacial score (nSPS) is 16.1. The van der Waals surface area contributed by atoms with Crippen LogP contribution in [0.2, 0.25) is 5.02 Å². The van der Waals surface area contributed by atoms with E-state index in [2.05, 4.69) is 33.0 Å². The summed E-state index contributed by atoms with van der Waals surface area (Å²) in [6.07, 6.45) is 5.61. The van der Waals surface area contributed by atoms with Gasteiger partial charge in [-0.25, -0.2) is 21.6 Å². The first-order valence-electron chi connectivity index (χ1n) is 20.5. The number of sulfonamides is 1. The quantitative estimate of drug-likeness (QED) is 0.0531. The van der Waals surface area contributed by atoms with Crippen molar-refractivity contribution >= 4 is 66.1 Å². The summed E-state index contributed by atoms with van der Waals surface area (Å²) in [6, 6.07) is 25.2. The maximum Gasteiger partial charge on any atom is 0.501 e. The Hall–Kier alpha value is -4.10. The zero-order valence-corrected chi connectivity index (χ0v) is 37.3. The second-order valence-electron chi connectivity index (χ2n) is 15.1. The number of allylic oxidation sites excluding steroid dienone is 1. The van der Waals surface area contributed by atoms with E-state index in [0.717, 1.165) is 62.2 Å². The standard InChI is InChI=1S/C44H51ClF3N5O6S3/c45-35-15-11-32(12-16-35)40-10-5-4-7-34(40)30-49-22-23-50-36-17-13-33(14-18-36)43(54)52-62(57,58)39-19-20-41(42(29-39)61(55,56)44(46,47)48)51-37(31-60-38-8-2-1-3-9-38)21-25-53-24-6-27-59-28-26-53/h1-3,8-9,11-20,29,37,49-51H,4-7,10,21-28,30-31H2,(H,52,54)/t37-/m1/s1. The molecule has 4 aromatic rings. The number of anilines is 2. The fourth-order valence-corrected chi connectivity index (χ4v) is 10.4. The van der Waals surface area contributed by atoms with Crippen molar-refractivity contribution in [3.05, 3.63) is 119 Å². The van der Waals surface area contributed by atoms with Gasteiger partial charge in [-0.05, 0) is 116 Å². The molecule has 1 saturated heterocycles. The van der Waals surface area contributed by atoms with Crippen LogP contribution in [-0.2, 0) is 24.6 Å². The van der Waals surface area contributed by atoms with Gasteiger partial charge in [-0.1, -0.05) is 47.5 Å². The van der Waals surface area contributed by atoms with Crippen molar-refractivity contribution in [1.29, 1.82) is 0 Å². The van der Waals surface area contributed by atoms with Crippen LogP contribution in [-0.4, -0.2) is 97.4 Å². The zero-order chi connectivity index (χ0) is 44.2. The van der Waals surface area contributed by atoms with Gasteiger partial charge in [0.2, 0.25) is 0 Å². The van der Waals surface area contributed by atoms with E-state index in [1.165, 1.54) is 40.6 Å². The molecule has 18 heteroatoms. The van der Waals surface area contributed by atoms with Gasteiger partial charge in [-0.2, -0.15) is 13.2 Å². The van der Waals surface area contributed by atoms with Crippen LogP contribution in [0.5, 0.6) is 0 Å². The van der Waals surface area contributed by atoms with E-state index in [9.17, 15) is 34.8 Å². The molecule has 0 bridgehead atoms. The SMILES string of the molecule is O=C(NS(=O)(=O)c1ccc(N[C@H](CCN2CCCOCC2)CSc2ccccc2)c(S(=O)(=O)C(F)(F)F)c1)c1ccc(NCCNCC2=C(c3ccc(Cl)cc3)CCCC2)cc1. The molecule has 4 N–H and O–H groups in total. The van der Waals surface area contributed by atoms with Crippen LogP contribution in [0, 0.1) is 0 Å². The molecule has 0 saturated carbocycles. The summed E-state index contributed by atoms with van der Waals surface area (Å²) in [7, 11) is -10.9. The second kappa shape index (κ2) is 22.0. The van der Waals surface area contributed by atoms with Crippen LogP contribution in [0.4, 0.5) is 24.5 Å². The zero-order valence-electron chi connectivity index (χ0n) is 34.1. The molecule has 1 heterocycles. The van der Waals surface area contributed by atoms with Gasteiger partial charge in [-0.3, -0.25) is 4.79 Å². The minimum Gasteiger partial charge on any atom is -0.384 e. The summed E-state index contributed by atoms with van der Waals surface area (Å²) in [6.45, 7) is 5.16. The Morgan fingerprint density at radius 2 is 1.60 bits per heavy atom. The highest BCUT2D eigenvalue weighted by molar-refractivity contribution is 7.99. The molecule has 1 amide bonds. The summed E-state index contributed by atoms with van der Waals surface area (Å²) >= 11 is 7.54. The van der Waals surface area contributed by atoms with Crippen LogP contribution >= 0.6 is 23.4 Å². The van der Waals surface area contributed by atoms with Crippen molar-refractivity contribution in [2.24, 2.45) is 0 Å². The van der Waals surface area contributed by atoms with Gasteiger partial charge in [0.25, 0.3) is 25.8 Å². The first-order valence-corrected chi connectivity index (χ1v) is 24.8. The maximum absolute atomic E-state index is 14.1. The summed E-state index contributed by atoms with van der Waals surface area (Å²) < 4.78 is 103. The van der Waals surface area contributed by atoms with E-state index in [0.29, 0.717) is 68.3 Å². The minimum atomic E-state index is -6.05. The summed E-state index contributed by atoms with van der Waals surface area (Å²) in [5.41, 5.74) is -1.58. The van der Waals surface area contributed by atoms with Crippen LogP contribution in [0.25, 0.3) is 5.57 Å². The topological polar surface area (TPSA) is 146 Å². The van der Waals surface area contributed by atoms with Crippen LogP contribution < -0.4 is 20.7 Å². The molecule has 334 valence electrons. The summed E-state index contributed by atoms with van der Waals surface area (Å²) in [5, 5.41) is 10.4. The molecule has 6 rings (SSSR count). The lowest BCUT2D eigenvalue weighted by molar-refractivity contribution is -0.0435. The van der Waals surface area contributed by atoms with E-state index in [1.807, 2.05) is 47.2 Å². The van der Waals surface area contributed by atoms with Crippen LogP contribution in [0.1, 0.15) is 54.4 Å². The number of nitrogens with one attached hydrogen (secondary N) is 4. The largest absolute Gasteiger partial charge is 0.501 e. The van der Waals surface area contributed by atoms with Crippen LogP contribution in [0.15, 0.2) is 117 Å². The average molecular weight is 935 g/mol. The highest BCUT2D eigenvalue weighted by Gasteiger charge is 2.48. The fourth-order valence-electron chi connectivity index (χ4n) is 7.30. The molecule has 0 spiro atoms. The van der Waals surface area contributed by atoms with Crippen molar-refractivity contribution in [2.75, 3.05) is 68.9 Å². The Morgan fingerprint density at radius 1 is 0.855 bits per heavy atom. The third-order valence-corrected chi connectivity index (χ3v) is 14.9. The highest BCUT2D eigenvalue weighted by atomic mass is 35.5. The molecule has 1 aliphatic heterocycles. The molecule has 1 fully saturated rings. The van der Waals surface area contributed by atoms with Gasteiger partial charge in [0.05, 0.1) is 17.2 Å². The minimum absolute atomic E-state index is 0.0348. The Kier molecular flexibility index (Phi) is 16.8. The number of carbonyl (C=O) groups is 1. The van der Waals surface area contributed by atoms with Gasteiger partial charge in [-0.15, -0.1) is 11.8 Å². The van der Waals surface area contributed by atoms with E-state index in [-0.39, 0.29) is 5.56 Å². The number of ether oxygens (including phenoxy) is 1. The number of sulfone groups is 1. The molecule has 1 atom stereocenters.